The fraction of sp³-hybridized carbons (Fsp3) is 0.400. The predicted molar refractivity (Wildman–Crippen MR) is 101 cm³/mol. The smallest absolute Gasteiger partial charge is 0.269 e. The third kappa shape index (κ3) is 4.57. The highest BCUT2D eigenvalue weighted by Gasteiger charge is 2.21. The lowest BCUT2D eigenvalue weighted by Crippen LogP contribution is -2.49. The van der Waals surface area contributed by atoms with Gasteiger partial charge in [-0.2, -0.15) is 0 Å². The van der Waals surface area contributed by atoms with Gasteiger partial charge in [0.25, 0.3) is 5.69 Å². The van der Waals surface area contributed by atoms with Gasteiger partial charge >= 0.3 is 0 Å². The Morgan fingerprint density at radius 3 is 2.24 bits per heavy atom. The molecule has 5 heteroatoms. The van der Waals surface area contributed by atoms with E-state index in [1.807, 2.05) is 12.1 Å². The van der Waals surface area contributed by atoms with E-state index in [-0.39, 0.29) is 10.6 Å². The average Bonchev–Trinajstić information content (AvgIpc) is 2.67. The van der Waals surface area contributed by atoms with Gasteiger partial charge in [0.05, 0.1) is 4.92 Å². The van der Waals surface area contributed by atoms with E-state index < -0.39 is 0 Å². The van der Waals surface area contributed by atoms with Gasteiger partial charge < -0.3 is 4.90 Å². The second kappa shape index (κ2) is 8.12. The van der Waals surface area contributed by atoms with Gasteiger partial charge in [-0.1, -0.05) is 30.3 Å². The molecule has 0 aliphatic carbocycles. The first-order chi connectivity index (χ1) is 12.1. The van der Waals surface area contributed by atoms with Crippen LogP contribution in [0.25, 0.3) is 0 Å². The van der Waals surface area contributed by atoms with Gasteiger partial charge in [0, 0.05) is 50.0 Å². The molecule has 1 aliphatic rings. The van der Waals surface area contributed by atoms with Crippen molar-refractivity contribution in [1.82, 2.24) is 4.90 Å². The van der Waals surface area contributed by atoms with Gasteiger partial charge in [-0.15, -0.1) is 0 Å². The van der Waals surface area contributed by atoms with Crippen LogP contribution in [0.15, 0.2) is 54.6 Å². The number of nitrogens with zero attached hydrogens (tertiary/aromatic N) is 3. The van der Waals surface area contributed by atoms with E-state index in [9.17, 15) is 10.1 Å². The number of hydrogen-bond donors (Lipinski definition) is 0. The largest absolute Gasteiger partial charge is 0.369 e. The molecule has 1 fully saturated rings. The molecule has 3 rings (SSSR count). The molecule has 0 saturated carbocycles. The molecule has 2 aromatic carbocycles. The molecule has 0 N–H and O–H groups in total. The summed E-state index contributed by atoms with van der Waals surface area (Å²) in [6, 6.07) is 18.1. The first kappa shape index (κ1) is 17.4. The number of piperazine rings is 1. The van der Waals surface area contributed by atoms with E-state index in [2.05, 4.69) is 47.1 Å². The molecule has 25 heavy (non-hydrogen) atoms. The van der Waals surface area contributed by atoms with Crippen molar-refractivity contribution in [3.05, 3.63) is 70.3 Å². The van der Waals surface area contributed by atoms with Crippen LogP contribution in [-0.2, 0) is 6.42 Å². The topological polar surface area (TPSA) is 49.6 Å². The minimum atomic E-state index is -0.351. The molecular formula is C20H25N3O2. The van der Waals surface area contributed by atoms with Gasteiger partial charge in [0.15, 0.2) is 0 Å². The maximum absolute atomic E-state index is 10.8. The maximum atomic E-state index is 10.8. The molecule has 132 valence electrons. The predicted octanol–water partition coefficient (Wildman–Crippen LogP) is 3.74. The van der Waals surface area contributed by atoms with Gasteiger partial charge in [-0.25, -0.2) is 0 Å². The van der Waals surface area contributed by atoms with Crippen LogP contribution < -0.4 is 4.90 Å². The summed E-state index contributed by atoms with van der Waals surface area (Å²) < 4.78 is 0. The van der Waals surface area contributed by atoms with Crippen molar-refractivity contribution < 1.29 is 4.92 Å². The van der Waals surface area contributed by atoms with E-state index in [0.717, 1.165) is 38.3 Å². The van der Waals surface area contributed by atoms with Crippen LogP contribution in [0.4, 0.5) is 11.4 Å². The molecule has 0 aromatic heterocycles. The minimum absolute atomic E-state index is 0.150. The summed E-state index contributed by atoms with van der Waals surface area (Å²) in [5, 5.41) is 10.8. The molecular weight excluding hydrogens is 314 g/mol. The summed E-state index contributed by atoms with van der Waals surface area (Å²) in [5.41, 5.74) is 2.62. The second-order valence-electron chi connectivity index (χ2n) is 6.67. The van der Waals surface area contributed by atoms with E-state index in [0.29, 0.717) is 6.04 Å². The molecule has 5 nitrogen and oxygen atoms in total. The number of benzene rings is 2. The molecule has 1 saturated heterocycles. The third-order valence-corrected chi connectivity index (χ3v) is 5.06. The van der Waals surface area contributed by atoms with Crippen LogP contribution in [0.3, 0.4) is 0 Å². The Morgan fingerprint density at radius 1 is 1.00 bits per heavy atom. The summed E-state index contributed by atoms with van der Waals surface area (Å²) in [4.78, 5) is 15.3. The summed E-state index contributed by atoms with van der Waals surface area (Å²) in [7, 11) is 0. The van der Waals surface area contributed by atoms with Crippen molar-refractivity contribution in [2.24, 2.45) is 0 Å². The third-order valence-electron chi connectivity index (χ3n) is 5.06. The van der Waals surface area contributed by atoms with Gasteiger partial charge in [0.2, 0.25) is 0 Å². The highest BCUT2D eigenvalue weighted by Crippen LogP contribution is 2.21. The highest BCUT2D eigenvalue weighted by molar-refractivity contribution is 5.51. The zero-order chi connectivity index (χ0) is 17.6. The molecule has 1 unspecified atom stereocenters. The SMILES string of the molecule is CC(CCc1ccccc1)N1CCN(c2ccc([N+](=O)[O-])cc2)CC1. The van der Waals surface area contributed by atoms with Crippen LogP contribution >= 0.6 is 0 Å². The quantitative estimate of drug-likeness (QED) is 0.594. The molecule has 1 heterocycles. The van der Waals surface area contributed by atoms with Gasteiger partial charge in [0.1, 0.15) is 0 Å². The lowest BCUT2D eigenvalue weighted by atomic mass is 10.0. The van der Waals surface area contributed by atoms with Crippen LogP contribution in [0.1, 0.15) is 18.9 Å². The summed E-state index contributed by atoms with van der Waals surface area (Å²) >= 11 is 0. The van der Waals surface area contributed by atoms with Crippen molar-refractivity contribution in [3.8, 4) is 0 Å². The van der Waals surface area contributed by atoms with E-state index >= 15 is 0 Å². The number of nitro groups is 1. The monoisotopic (exact) mass is 339 g/mol. The minimum Gasteiger partial charge on any atom is -0.369 e. The Morgan fingerprint density at radius 2 is 1.64 bits per heavy atom. The fourth-order valence-corrected chi connectivity index (χ4v) is 3.41. The summed E-state index contributed by atoms with van der Waals surface area (Å²) in [5.74, 6) is 0. The lowest BCUT2D eigenvalue weighted by Gasteiger charge is -2.39. The van der Waals surface area contributed by atoms with Gasteiger partial charge in [-0.3, -0.25) is 15.0 Å². The molecule has 0 amide bonds. The summed E-state index contributed by atoms with van der Waals surface area (Å²) in [6.45, 7) is 6.31. The van der Waals surface area contributed by atoms with Crippen LogP contribution in [0, 0.1) is 10.1 Å². The average molecular weight is 339 g/mol. The molecule has 0 bridgehead atoms. The summed E-state index contributed by atoms with van der Waals surface area (Å²) in [6.07, 6.45) is 2.28. The standard InChI is InChI=1S/C20H25N3O2/c1-17(7-8-18-5-3-2-4-6-18)21-13-15-22(16-14-21)19-9-11-20(12-10-19)23(24)25/h2-6,9-12,17H,7-8,13-16H2,1H3. The number of anilines is 1. The Kier molecular flexibility index (Phi) is 5.66. The number of nitro benzene ring substituents is 1. The van der Waals surface area contributed by atoms with E-state index in [1.54, 1.807) is 12.1 Å². The first-order valence-corrected chi connectivity index (χ1v) is 8.91. The Labute approximate surface area is 149 Å². The van der Waals surface area contributed by atoms with Crippen molar-refractivity contribution in [3.63, 3.8) is 0 Å². The van der Waals surface area contributed by atoms with Crippen molar-refractivity contribution in [2.75, 3.05) is 31.1 Å². The van der Waals surface area contributed by atoms with Crippen molar-refractivity contribution in [1.29, 1.82) is 0 Å². The Bertz CT molecular complexity index is 680. The van der Waals surface area contributed by atoms with E-state index in [4.69, 9.17) is 0 Å². The van der Waals surface area contributed by atoms with Crippen LogP contribution in [0.2, 0.25) is 0 Å². The maximum Gasteiger partial charge on any atom is 0.269 e. The Balaban J connectivity index is 1.48. The molecule has 1 atom stereocenters. The number of rotatable bonds is 6. The van der Waals surface area contributed by atoms with Crippen LogP contribution in [-0.4, -0.2) is 42.0 Å². The van der Waals surface area contributed by atoms with E-state index in [1.165, 1.54) is 12.0 Å². The van der Waals surface area contributed by atoms with Gasteiger partial charge in [-0.05, 0) is 37.5 Å². The number of hydrogen-bond acceptors (Lipinski definition) is 4. The number of non-ortho nitro benzene ring substituents is 1. The molecule has 2 aromatic rings. The normalized spacial score (nSPS) is 16.6. The van der Waals surface area contributed by atoms with Crippen LogP contribution in [0.5, 0.6) is 0 Å². The molecule has 1 aliphatic heterocycles. The highest BCUT2D eigenvalue weighted by atomic mass is 16.6. The zero-order valence-electron chi connectivity index (χ0n) is 14.7. The molecule has 0 radical (unpaired) electrons. The van der Waals surface area contributed by atoms with Crippen molar-refractivity contribution >= 4 is 11.4 Å². The lowest BCUT2D eigenvalue weighted by molar-refractivity contribution is -0.384. The molecule has 0 spiro atoms. The fourth-order valence-electron chi connectivity index (χ4n) is 3.41. The first-order valence-electron chi connectivity index (χ1n) is 8.91. The Hall–Kier alpha value is -2.40. The number of aryl methyl sites for hydroxylation is 1. The van der Waals surface area contributed by atoms with Crippen molar-refractivity contribution in [2.45, 2.75) is 25.8 Å². The zero-order valence-corrected chi connectivity index (χ0v) is 14.7. The second-order valence-corrected chi connectivity index (χ2v) is 6.67.